The average Bonchev–Trinajstić information content (AvgIpc) is 2.85. The number of carbonyl (C=O) groups excluding carboxylic acids is 1. The van der Waals surface area contributed by atoms with Gasteiger partial charge in [-0.3, -0.25) is 9.59 Å². The molecule has 7 unspecified atom stereocenters. The summed E-state index contributed by atoms with van der Waals surface area (Å²) in [6.45, 7) is 6.41. The first-order valence-corrected chi connectivity index (χ1v) is 14.5. The largest absolute Gasteiger partial charge is 0.481 e. The van der Waals surface area contributed by atoms with Crippen molar-refractivity contribution in [2.24, 2.45) is 11.8 Å². The van der Waals surface area contributed by atoms with E-state index in [1.54, 1.807) is 0 Å². The summed E-state index contributed by atoms with van der Waals surface area (Å²) in [5, 5.41) is 8.79. The maximum Gasteiger partial charge on any atom is 0.309 e. The van der Waals surface area contributed by atoms with Gasteiger partial charge in [0.2, 0.25) is 0 Å². The van der Waals surface area contributed by atoms with Gasteiger partial charge in [-0.05, 0) is 76.7 Å². The van der Waals surface area contributed by atoms with Crippen molar-refractivity contribution in [3.63, 3.8) is 0 Å². The number of fused-ring (bicyclic) bond motifs is 4. The van der Waals surface area contributed by atoms with Crippen LogP contribution in [0.5, 0.6) is 0 Å². The first-order valence-electron chi connectivity index (χ1n) is 14.5. The predicted octanol–water partition coefficient (Wildman–Crippen LogP) is 6.93. The minimum atomic E-state index is -0.743. The van der Waals surface area contributed by atoms with E-state index in [0.717, 1.165) is 57.8 Å². The highest BCUT2D eigenvalue weighted by atomic mass is 16.5. The summed E-state index contributed by atoms with van der Waals surface area (Å²) in [4.78, 5) is 23.7. The molecule has 0 radical (unpaired) electrons. The first-order chi connectivity index (χ1) is 17.8. The van der Waals surface area contributed by atoms with Gasteiger partial charge in [-0.2, -0.15) is 0 Å². The molecular formula is C31H48O6. The van der Waals surface area contributed by atoms with Crippen LogP contribution in [-0.2, 0) is 23.8 Å². The summed E-state index contributed by atoms with van der Waals surface area (Å²) in [6, 6.07) is 0. The normalized spacial score (nSPS) is 35.8. The Labute approximate surface area is 223 Å². The van der Waals surface area contributed by atoms with Gasteiger partial charge in [-0.15, -0.1) is 0 Å². The average molecular weight is 517 g/mol. The van der Waals surface area contributed by atoms with Crippen LogP contribution in [0.3, 0.4) is 0 Å². The molecular weight excluding hydrogens is 468 g/mol. The molecule has 1 N–H and O–H groups in total. The SMILES string of the molecule is C/C=C1\CC2CC(=O)OC(/C=C/CCCCCC(=O)O)C(C)/C=C/C(C)CC3CCCC(CC(C1)O2)O3. The lowest BCUT2D eigenvalue weighted by Gasteiger charge is -2.37. The molecule has 6 heteroatoms. The summed E-state index contributed by atoms with van der Waals surface area (Å²) in [6.07, 6.45) is 21.6. The van der Waals surface area contributed by atoms with Crippen molar-refractivity contribution in [2.75, 3.05) is 0 Å². The third-order valence-corrected chi connectivity index (χ3v) is 7.88. The molecule has 0 aromatic heterocycles. The fourth-order valence-electron chi connectivity index (χ4n) is 5.77. The maximum absolute atomic E-state index is 13.0. The van der Waals surface area contributed by atoms with Gasteiger partial charge in [-0.25, -0.2) is 0 Å². The molecule has 0 aromatic rings. The number of allylic oxidation sites excluding steroid dienone is 3. The highest BCUT2D eigenvalue weighted by Gasteiger charge is 2.32. The fraction of sp³-hybridized carbons (Fsp3) is 0.742. The second-order valence-electron chi connectivity index (χ2n) is 11.3. The van der Waals surface area contributed by atoms with Crippen LogP contribution in [0.1, 0.15) is 104 Å². The Kier molecular flexibility index (Phi) is 12.4. The van der Waals surface area contributed by atoms with Crippen LogP contribution >= 0.6 is 0 Å². The van der Waals surface area contributed by atoms with E-state index in [1.807, 2.05) is 6.08 Å². The molecule has 7 atom stereocenters. The molecule has 0 aliphatic carbocycles. The number of esters is 1. The minimum Gasteiger partial charge on any atom is -0.481 e. The molecule has 3 rings (SSSR count). The Bertz CT molecular complexity index is 815. The molecule has 0 aromatic carbocycles. The van der Waals surface area contributed by atoms with E-state index in [1.165, 1.54) is 12.0 Å². The van der Waals surface area contributed by atoms with Crippen LogP contribution < -0.4 is 0 Å². The molecule has 2 saturated heterocycles. The van der Waals surface area contributed by atoms with Crippen molar-refractivity contribution >= 4 is 11.9 Å². The van der Waals surface area contributed by atoms with E-state index < -0.39 is 5.97 Å². The van der Waals surface area contributed by atoms with Crippen LogP contribution in [0.25, 0.3) is 0 Å². The van der Waals surface area contributed by atoms with Crippen molar-refractivity contribution in [3.05, 3.63) is 36.0 Å². The Balaban J connectivity index is 1.69. The number of rotatable bonds is 7. The topological polar surface area (TPSA) is 82.1 Å². The smallest absolute Gasteiger partial charge is 0.309 e. The molecule has 2 fully saturated rings. The Morgan fingerprint density at radius 3 is 2.46 bits per heavy atom. The summed E-state index contributed by atoms with van der Waals surface area (Å²) < 4.78 is 19.0. The molecule has 6 nitrogen and oxygen atoms in total. The predicted molar refractivity (Wildman–Crippen MR) is 145 cm³/mol. The van der Waals surface area contributed by atoms with Crippen molar-refractivity contribution in [1.82, 2.24) is 0 Å². The molecule has 3 aliphatic rings. The van der Waals surface area contributed by atoms with E-state index in [2.05, 4.69) is 45.1 Å². The number of carboxylic acid groups (broad SMARTS) is 1. The van der Waals surface area contributed by atoms with Gasteiger partial charge in [0.1, 0.15) is 6.10 Å². The highest BCUT2D eigenvalue weighted by Crippen LogP contribution is 2.33. The van der Waals surface area contributed by atoms with Crippen LogP contribution in [-0.4, -0.2) is 47.6 Å². The second kappa shape index (κ2) is 15.5. The zero-order valence-corrected chi connectivity index (χ0v) is 23.1. The Hall–Kier alpha value is -1.92. The van der Waals surface area contributed by atoms with Crippen molar-refractivity contribution < 1.29 is 28.9 Å². The monoisotopic (exact) mass is 516 g/mol. The first kappa shape index (κ1) is 29.6. The maximum atomic E-state index is 13.0. The third-order valence-electron chi connectivity index (χ3n) is 7.88. The second-order valence-corrected chi connectivity index (χ2v) is 11.3. The molecule has 0 saturated carbocycles. The van der Waals surface area contributed by atoms with E-state index in [0.29, 0.717) is 12.3 Å². The number of aliphatic carboxylic acids is 1. The summed E-state index contributed by atoms with van der Waals surface area (Å²) >= 11 is 0. The minimum absolute atomic E-state index is 0.0497. The van der Waals surface area contributed by atoms with Gasteiger partial charge < -0.3 is 19.3 Å². The Morgan fingerprint density at radius 1 is 0.973 bits per heavy atom. The fourth-order valence-corrected chi connectivity index (χ4v) is 5.77. The van der Waals surface area contributed by atoms with E-state index in [4.69, 9.17) is 19.3 Å². The van der Waals surface area contributed by atoms with Gasteiger partial charge in [0.05, 0.1) is 30.8 Å². The number of unbranched alkanes of at least 4 members (excludes halogenated alkanes) is 3. The van der Waals surface area contributed by atoms with E-state index in [9.17, 15) is 9.59 Å². The van der Waals surface area contributed by atoms with Crippen molar-refractivity contribution in [1.29, 1.82) is 0 Å². The number of hydrogen-bond acceptors (Lipinski definition) is 5. The van der Waals surface area contributed by atoms with Gasteiger partial charge >= 0.3 is 11.9 Å². The Morgan fingerprint density at radius 2 is 1.70 bits per heavy atom. The molecule has 3 aliphatic heterocycles. The zero-order chi connectivity index (χ0) is 26.6. The van der Waals surface area contributed by atoms with Gasteiger partial charge in [-0.1, -0.05) is 50.1 Å². The van der Waals surface area contributed by atoms with Crippen molar-refractivity contribution in [2.45, 2.75) is 135 Å². The number of carboxylic acids is 1. The van der Waals surface area contributed by atoms with E-state index >= 15 is 0 Å². The quantitative estimate of drug-likeness (QED) is 0.224. The van der Waals surface area contributed by atoms with E-state index in [-0.39, 0.29) is 55.2 Å². The summed E-state index contributed by atoms with van der Waals surface area (Å²) in [5.74, 6) is -0.521. The van der Waals surface area contributed by atoms with Crippen LogP contribution in [0.2, 0.25) is 0 Å². The third kappa shape index (κ3) is 10.8. The lowest BCUT2D eigenvalue weighted by molar-refractivity contribution is -0.154. The van der Waals surface area contributed by atoms with Gasteiger partial charge in [0.15, 0.2) is 0 Å². The molecule has 4 bridgehead atoms. The molecule has 37 heavy (non-hydrogen) atoms. The van der Waals surface area contributed by atoms with Crippen molar-refractivity contribution in [3.8, 4) is 0 Å². The van der Waals surface area contributed by atoms with Gasteiger partial charge in [0.25, 0.3) is 0 Å². The number of carbonyl (C=O) groups is 2. The zero-order valence-electron chi connectivity index (χ0n) is 23.1. The number of cyclic esters (lactones) is 1. The molecule has 3 heterocycles. The lowest BCUT2D eigenvalue weighted by atomic mass is 9.90. The lowest BCUT2D eigenvalue weighted by Crippen LogP contribution is -2.37. The molecule has 0 spiro atoms. The highest BCUT2D eigenvalue weighted by molar-refractivity contribution is 5.70. The molecule has 208 valence electrons. The molecule has 0 amide bonds. The summed E-state index contributed by atoms with van der Waals surface area (Å²) in [7, 11) is 0. The number of ether oxygens (including phenoxy) is 3. The standard InChI is InChI=1S/C31H48O6/c1-4-24-18-27-20-26-12-10-11-25(35-26)17-22(2)15-16-23(3)29(37-31(34)21-28(19-24)36-27)13-8-6-5-7-9-14-30(32)33/h4,8,13,15-16,22-23,25-29H,5-7,9-12,14,17-21H2,1-3H3,(H,32,33)/b13-8+,16-15+,24-4-. The summed E-state index contributed by atoms with van der Waals surface area (Å²) in [5.41, 5.74) is 1.35. The van der Waals surface area contributed by atoms with Crippen LogP contribution in [0.4, 0.5) is 0 Å². The van der Waals surface area contributed by atoms with Crippen LogP contribution in [0.15, 0.2) is 36.0 Å². The number of hydrogen-bond donors (Lipinski definition) is 1. The van der Waals surface area contributed by atoms with Crippen LogP contribution in [0, 0.1) is 11.8 Å². The van der Waals surface area contributed by atoms with Gasteiger partial charge in [0, 0.05) is 18.8 Å².